The second-order valence-corrected chi connectivity index (χ2v) is 5.48. The Labute approximate surface area is 125 Å². The van der Waals surface area contributed by atoms with E-state index < -0.39 is 0 Å². The van der Waals surface area contributed by atoms with Crippen LogP contribution in [0.3, 0.4) is 0 Å². The molecule has 3 N–H and O–H groups in total. The number of hydrogen-bond acceptors (Lipinski definition) is 3. The molecule has 1 unspecified atom stereocenters. The van der Waals surface area contributed by atoms with Crippen LogP contribution in [0.2, 0.25) is 5.02 Å². The lowest BCUT2D eigenvalue weighted by Gasteiger charge is -2.18. The van der Waals surface area contributed by atoms with E-state index in [0.717, 1.165) is 6.42 Å². The van der Waals surface area contributed by atoms with Gasteiger partial charge in [0.15, 0.2) is 0 Å². The molecule has 0 heterocycles. The fraction of sp³-hybridized carbons (Fsp3) is 0.533. The highest BCUT2D eigenvalue weighted by Gasteiger charge is 2.20. The molecular weight excluding hydrogens is 276 g/mol. The molecular formula is C15H23ClN2O2. The van der Waals surface area contributed by atoms with Crippen molar-refractivity contribution >= 4 is 23.2 Å². The van der Waals surface area contributed by atoms with Gasteiger partial charge in [-0.25, -0.2) is 0 Å². The molecule has 112 valence electrons. The average molecular weight is 299 g/mol. The van der Waals surface area contributed by atoms with Crippen molar-refractivity contribution in [3.63, 3.8) is 0 Å². The molecule has 0 fully saturated rings. The second-order valence-electron chi connectivity index (χ2n) is 5.07. The van der Waals surface area contributed by atoms with Crippen LogP contribution in [0.5, 0.6) is 5.75 Å². The zero-order valence-electron chi connectivity index (χ0n) is 12.3. The van der Waals surface area contributed by atoms with E-state index in [-0.39, 0.29) is 17.7 Å². The predicted octanol–water partition coefficient (Wildman–Crippen LogP) is 3.30. The van der Waals surface area contributed by atoms with E-state index in [1.54, 1.807) is 18.2 Å². The van der Waals surface area contributed by atoms with Crippen LogP contribution in [-0.4, -0.2) is 19.1 Å². The Balaban J connectivity index is 2.73. The fourth-order valence-corrected chi connectivity index (χ4v) is 2.06. The number of anilines is 1. The highest BCUT2D eigenvalue weighted by molar-refractivity contribution is 6.32. The fourth-order valence-electron chi connectivity index (χ4n) is 1.82. The maximum atomic E-state index is 12.1. The summed E-state index contributed by atoms with van der Waals surface area (Å²) in [5.74, 6) is 0.541. The van der Waals surface area contributed by atoms with Gasteiger partial charge in [-0.2, -0.15) is 0 Å². The zero-order chi connectivity index (χ0) is 15.1. The number of nitrogens with two attached hydrogens (primary N) is 1. The molecule has 0 aliphatic rings. The Kier molecular flexibility index (Phi) is 6.82. The lowest BCUT2D eigenvalue weighted by molar-refractivity contribution is -0.120. The Hall–Kier alpha value is -1.26. The Bertz CT molecular complexity index is 449. The summed E-state index contributed by atoms with van der Waals surface area (Å²) in [6.45, 7) is 6.93. The molecule has 1 atom stereocenters. The van der Waals surface area contributed by atoms with Gasteiger partial charge in [0.25, 0.3) is 0 Å². The van der Waals surface area contributed by atoms with Crippen molar-refractivity contribution < 1.29 is 9.53 Å². The van der Waals surface area contributed by atoms with E-state index in [9.17, 15) is 4.79 Å². The first-order valence-corrected chi connectivity index (χ1v) is 7.30. The monoisotopic (exact) mass is 298 g/mol. The molecule has 0 saturated carbocycles. The van der Waals surface area contributed by atoms with Crippen molar-refractivity contribution in [1.82, 2.24) is 0 Å². The van der Waals surface area contributed by atoms with Gasteiger partial charge in [-0.15, -0.1) is 0 Å². The van der Waals surface area contributed by atoms with E-state index >= 15 is 0 Å². The van der Waals surface area contributed by atoms with Gasteiger partial charge < -0.3 is 15.8 Å². The molecule has 0 bridgehead atoms. The average Bonchev–Trinajstić information content (AvgIpc) is 2.38. The van der Waals surface area contributed by atoms with Gasteiger partial charge >= 0.3 is 0 Å². The summed E-state index contributed by atoms with van der Waals surface area (Å²) in [5, 5.41) is 3.33. The van der Waals surface area contributed by atoms with E-state index in [0.29, 0.717) is 29.6 Å². The molecule has 0 aliphatic heterocycles. The van der Waals surface area contributed by atoms with E-state index in [4.69, 9.17) is 22.1 Å². The minimum absolute atomic E-state index is 0.0826. The Morgan fingerprint density at radius 1 is 1.45 bits per heavy atom. The minimum atomic E-state index is -0.204. The smallest absolute Gasteiger partial charge is 0.229 e. The molecule has 1 rings (SSSR count). The van der Waals surface area contributed by atoms with Crippen LogP contribution in [-0.2, 0) is 4.79 Å². The van der Waals surface area contributed by atoms with Crippen LogP contribution >= 0.6 is 11.6 Å². The number of benzene rings is 1. The summed E-state index contributed by atoms with van der Waals surface area (Å²) in [7, 11) is 0. The van der Waals surface area contributed by atoms with E-state index in [1.165, 1.54) is 0 Å². The number of halogens is 1. The van der Waals surface area contributed by atoms with Crippen LogP contribution in [0.15, 0.2) is 18.2 Å². The van der Waals surface area contributed by atoms with Crippen LogP contribution in [0.4, 0.5) is 5.69 Å². The highest BCUT2D eigenvalue weighted by Crippen LogP contribution is 2.28. The molecule has 1 amide bonds. The molecule has 1 aromatic carbocycles. The number of ether oxygens (including phenoxy) is 1. The predicted molar refractivity (Wildman–Crippen MR) is 83.3 cm³/mol. The molecule has 0 radical (unpaired) electrons. The first-order chi connectivity index (χ1) is 9.49. The SMILES string of the molecule is CCCOc1ccc(NC(=O)C(CN)C(C)C)cc1Cl. The van der Waals surface area contributed by atoms with Gasteiger partial charge in [0.05, 0.1) is 17.5 Å². The van der Waals surface area contributed by atoms with Crippen LogP contribution < -0.4 is 15.8 Å². The van der Waals surface area contributed by atoms with E-state index in [1.807, 2.05) is 20.8 Å². The maximum absolute atomic E-state index is 12.1. The summed E-state index contributed by atoms with van der Waals surface area (Å²) in [6, 6.07) is 5.24. The summed E-state index contributed by atoms with van der Waals surface area (Å²) >= 11 is 6.12. The van der Waals surface area contributed by atoms with Crippen molar-refractivity contribution in [3.05, 3.63) is 23.2 Å². The standard InChI is InChI=1S/C15H23ClN2O2/c1-4-7-20-14-6-5-11(8-13(14)16)18-15(19)12(9-17)10(2)3/h5-6,8,10,12H,4,7,9,17H2,1-3H3,(H,18,19). The van der Waals surface area contributed by atoms with Gasteiger partial charge in [0.2, 0.25) is 5.91 Å². The molecule has 0 spiro atoms. The highest BCUT2D eigenvalue weighted by atomic mass is 35.5. The third kappa shape index (κ3) is 4.69. The van der Waals surface area contributed by atoms with Crippen molar-refractivity contribution in [2.45, 2.75) is 27.2 Å². The summed E-state index contributed by atoms with van der Waals surface area (Å²) in [5.41, 5.74) is 6.29. The second kappa shape index (κ2) is 8.12. The van der Waals surface area contributed by atoms with Gasteiger partial charge in [0, 0.05) is 12.2 Å². The van der Waals surface area contributed by atoms with Crippen molar-refractivity contribution in [2.24, 2.45) is 17.6 Å². The summed E-state index contributed by atoms with van der Waals surface area (Å²) in [4.78, 5) is 12.1. The summed E-state index contributed by atoms with van der Waals surface area (Å²) in [6.07, 6.45) is 0.918. The first kappa shape index (κ1) is 16.8. The normalized spacial score (nSPS) is 12.3. The molecule has 0 saturated heterocycles. The minimum Gasteiger partial charge on any atom is -0.492 e. The largest absolute Gasteiger partial charge is 0.492 e. The van der Waals surface area contributed by atoms with Gasteiger partial charge in [-0.1, -0.05) is 32.4 Å². The number of rotatable bonds is 7. The van der Waals surface area contributed by atoms with Crippen molar-refractivity contribution in [2.75, 3.05) is 18.5 Å². The van der Waals surface area contributed by atoms with E-state index in [2.05, 4.69) is 5.32 Å². The van der Waals surface area contributed by atoms with Crippen molar-refractivity contribution in [1.29, 1.82) is 0 Å². The maximum Gasteiger partial charge on any atom is 0.229 e. The van der Waals surface area contributed by atoms with Crippen LogP contribution in [0, 0.1) is 11.8 Å². The molecule has 4 nitrogen and oxygen atoms in total. The van der Waals surface area contributed by atoms with Gasteiger partial charge in [-0.05, 0) is 30.5 Å². The Morgan fingerprint density at radius 3 is 2.65 bits per heavy atom. The molecule has 0 aliphatic carbocycles. The topological polar surface area (TPSA) is 64.3 Å². The van der Waals surface area contributed by atoms with Crippen molar-refractivity contribution in [3.8, 4) is 5.75 Å². The third-order valence-corrected chi connectivity index (χ3v) is 3.35. The summed E-state index contributed by atoms with van der Waals surface area (Å²) < 4.78 is 5.49. The van der Waals surface area contributed by atoms with Crippen LogP contribution in [0.1, 0.15) is 27.2 Å². The molecule has 20 heavy (non-hydrogen) atoms. The molecule has 1 aromatic rings. The van der Waals surface area contributed by atoms with Crippen LogP contribution in [0.25, 0.3) is 0 Å². The zero-order valence-corrected chi connectivity index (χ0v) is 13.0. The lowest BCUT2D eigenvalue weighted by Crippen LogP contribution is -2.33. The molecule has 5 heteroatoms. The van der Waals surface area contributed by atoms with Gasteiger partial charge in [-0.3, -0.25) is 4.79 Å². The quantitative estimate of drug-likeness (QED) is 0.812. The third-order valence-electron chi connectivity index (χ3n) is 3.06. The number of amides is 1. The number of hydrogen-bond donors (Lipinski definition) is 2. The van der Waals surface area contributed by atoms with Gasteiger partial charge in [0.1, 0.15) is 5.75 Å². The lowest BCUT2D eigenvalue weighted by atomic mass is 9.95. The Morgan fingerprint density at radius 2 is 2.15 bits per heavy atom. The first-order valence-electron chi connectivity index (χ1n) is 6.92. The molecule has 0 aromatic heterocycles. The number of carbonyl (C=O) groups is 1. The number of carbonyl (C=O) groups excluding carboxylic acids is 1. The number of nitrogens with one attached hydrogen (secondary N) is 1.